The summed E-state index contributed by atoms with van der Waals surface area (Å²) in [4.78, 5) is 45.1. The Kier molecular flexibility index (Phi) is 7.19. The van der Waals surface area contributed by atoms with Crippen LogP contribution in [0.25, 0.3) is 16.7 Å². The van der Waals surface area contributed by atoms with E-state index < -0.39 is 11.6 Å². The summed E-state index contributed by atoms with van der Waals surface area (Å²) in [6.45, 7) is 8.18. The van der Waals surface area contributed by atoms with Crippen LogP contribution in [-0.4, -0.2) is 72.4 Å². The zero-order chi connectivity index (χ0) is 26.9. The Labute approximate surface area is 213 Å². The Balaban J connectivity index is 1.77. The number of carbonyl (C=O) groups excluding carboxylic acids is 1. The van der Waals surface area contributed by atoms with Crippen LogP contribution in [0.2, 0.25) is 0 Å². The van der Waals surface area contributed by atoms with Crippen LogP contribution in [0.3, 0.4) is 0 Å². The molecule has 1 fully saturated rings. The summed E-state index contributed by atoms with van der Waals surface area (Å²) in [5, 5.41) is 18.6. The van der Waals surface area contributed by atoms with Gasteiger partial charge in [-0.15, -0.1) is 15.0 Å². The molecule has 12 nitrogen and oxygen atoms in total. The summed E-state index contributed by atoms with van der Waals surface area (Å²) >= 11 is 0. The first-order valence-electron chi connectivity index (χ1n) is 12.3. The van der Waals surface area contributed by atoms with E-state index in [0.717, 1.165) is 0 Å². The lowest BCUT2D eigenvalue weighted by Crippen LogP contribution is -2.43. The van der Waals surface area contributed by atoms with Gasteiger partial charge in [-0.2, -0.15) is 0 Å². The van der Waals surface area contributed by atoms with Gasteiger partial charge in [0.25, 0.3) is 5.56 Å². The molecule has 4 heterocycles. The molecule has 1 amide bonds. The van der Waals surface area contributed by atoms with E-state index in [1.165, 1.54) is 18.1 Å². The highest BCUT2D eigenvalue weighted by Crippen LogP contribution is 2.28. The number of pyridine rings is 2. The highest BCUT2D eigenvalue weighted by atomic mass is 16.6. The summed E-state index contributed by atoms with van der Waals surface area (Å²) in [6, 6.07) is 3.08. The number of hydrogen-bond acceptors (Lipinski definition) is 8. The predicted octanol–water partition coefficient (Wildman–Crippen LogP) is 2.75. The van der Waals surface area contributed by atoms with Crippen LogP contribution in [0.15, 0.2) is 23.1 Å². The van der Waals surface area contributed by atoms with Gasteiger partial charge in [0, 0.05) is 42.7 Å². The van der Waals surface area contributed by atoms with Crippen molar-refractivity contribution in [3.8, 4) is 11.6 Å². The van der Waals surface area contributed by atoms with Crippen LogP contribution in [0.5, 0.6) is 5.88 Å². The molecule has 12 heteroatoms. The molecule has 198 valence electrons. The molecule has 0 radical (unpaired) electrons. The first kappa shape index (κ1) is 26.1. The van der Waals surface area contributed by atoms with Crippen LogP contribution in [0.4, 0.5) is 4.79 Å². The van der Waals surface area contributed by atoms with E-state index in [0.29, 0.717) is 55.2 Å². The van der Waals surface area contributed by atoms with Gasteiger partial charge >= 0.3 is 12.1 Å². The maximum absolute atomic E-state index is 13.8. The quantitative estimate of drug-likeness (QED) is 0.527. The molecule has 3 aromatic heterocycles. The van der Waals surface area contributed by atoms with Crippen LogP contribution < -0.4 is 10.3 Å². The van der Waals surface area contributed by atoms with Crippen molar-refractivity contribution in [2.24, 2.45) is 0 Å². The number of amides is 1. The number of nitrogens with zero attached hydrogens (tertiary/aromatic N) is 6. The van der Waals surface area contributed by atoms with Gasteiger partial charge in [0.1, 0.15) is 11.1 Å². The molecule has 37 heavy (non-hydrogen) atoms. The van der Waals surface area contributed by atoms with E-state index in [2.05, 4.69) is 15.2 Å². The summed E-state index contributed by atoms with van der Waals surface area (Å²) in [6.07, 6.45) is 2.35. The van der Waals surface area contributed by atoms with Crippen LogP contribution >= 0.6 is 0 Å². The minimum absolute atomic E-state index is 0.0961. The topological polar surface area (TPSA) is 142 Å². The number of aromatic nitrogens is 5. The summed E-state index contributed by atoms with van der Waals surface area (Å²) in [5.41, 5.74) is 1.05. The van der Waals surface area contributed by atoms with E-state index in [9.17, 15) is 19.5 Å². The van der Waals surface area contributed by atoms with Crippen LogP contribution in [0.1, 0.15) is 57.8 Å². The minimum atomic E-state index is -1.03. The number of ether oxygens (including phenoxy) is 2. The zero-order valence-electron chi connectivity index (χ0n) is 21.7. The molecule has 0 aliphatic carbocycles. The minimum Gasteiger partial charge on any atom is -0.481 e. The SMILES string of the molecule is CCc1c(CC(=O)O)c2nn(-c3ccnc(OC)c3)nc2c(=O)n1C1CCN(C(=O)OC(C)(C)C)CC1. The maximum Gasteiger partial charge on any atom is 0.410 e. The molecule has 0 spiro atoms. The smallest absolute Gasteiger partial charge is 0.410 e. The fraction of sp³-hybridized carbons (Fsp3) is 0.520. The number of carboxylic acids is 1. The lowest BCUT2D eigenvalue weighted by atomic mass is 10.00. The number of piperidine rings is 1. The maximum atomic E-state index is 13.8. The number of fused-ring (bicyclic) bond motifs is 1. The normalized spacial score (nSPS) is 14.7. The van der Waals surface area contributed by atoms with Crippen molar-refractivity contribution in [1.29, 1.82) is 0 Å². The molecule has 1 aliphatic heterocycles. The number of carboxylic acid groups (broad SMARTS) is 1. The van der Waals surface area contributed by atoms with Crippen molar-refractivity contribution in [3.63, 3.8) is 0 Å². The standard InChI is InChI=1S/C25H32N6O6/c1-6-18-17(14-20(32)33)21-22(28-31(27-21)16-7-10-26-19(13-16)36-5)23(34)30(18)15-8-11-29(12-9-15)24(35)37-25(2,3)4/h7,10,13,15H,6,8-9,11-12,14H2,1-5H3,(H,32,33). The number of likely N-dealkylation sites (tertiary alicyclic amines) is 1. The summed E-state index contributed by atoms with van der Waals surface area (Å²) < 4.78 is 12.3. The van der Waals surface area contributed by atoms with Crippen molar-refractivity contribution in [2.75, 3.05) is 20.2 Å². The monoisotopic (exact) mass is 512 g/mol. The third-order valence-corrected chi connectivity index (χ3v) is 6.26. The van der Waals surface area contributed by atoms with Crippen molar-refractivity contribution >= 4 is 23.1 Å². The van der Waals surface area contributed by atoms with Gasteiger partial charge in [-0.25, -0.2) is 9.78 Å². The summed E-state index contributed by atoms with van der Waals surface area (Å²) in [5.74, 6) is -0.672. The lowest BCUT2D eigenvalue weighted by Gasteiger charge is -2.35. The fourth-order valence-electron chi connectivity index (χ4n) is 4.66. The summed E-state index contributed by atoms with van der Waals surface area (Å²) in [7, 11) is 1.49. The van der Waals surface area contributed by atoms with E-state index in [-0.39, 0.29) is 35.1 Å². The molecular weight excluding hydrogens is 480 g/mol. The lowest BCUT2D eigenvalue weighted by molar-refractivity contribution is -0.136. The number of hydrogen-bond donors (Lipinski definition) is 1. The third kappa shape index (κ3) is 5.42. The Morgan fingerprint density at radius 3 is 2.43 bits per heavy atom. The first-order valence-corrected chi connectivity index (χ1v) is 12.3. The molecule has 1 aliphatic rings. The molecule has 0 aromatic carbocycles. The van der Waals surface area contributed by atoms with Gasteiger partial charge in [-0.1, -0.05) is 6.92 Å². The number of rotatable bonds is 6. The number of aliphatic carboxylic acids is 1. The van der Waals surface area contributed by atoms with Gasteiger partial charge < -0.3 is 24.0 Å². The van der Waals surface area contributed by atoms with Crippen LogP contribution in [0, 0.1) is 0 Å². The van der Waals surface area contributed by atoms with Crippen LogP contribution in [-0.2, 0) is 22.4 Å². The molecular formula is C25H32N6O6. The Bertz CT molecular complexity index is 1380. The van der Waals surface area contributed by atoms with Gasteiger partial charge in [-0.3, -0.25) is 9.59 Å². The van der Waals surface area contributed by atoms with Crippen molar-refractivity contribution in [3.05, 3.63) is 39.9 Å². The van der Waals surface area contributed by atoms with Gasteiger partial charge in [0.2, 0.25) is 5.88 Å². The largest absolute Gasteiger partial charge is 0.481 e. The molecule has 0 atom stereocenters. The Morgan fingerprint density at radius 1 is 1.16 bits per heavy atom. The average Bonchev–Trinajstić information content (AvgIpc) is 3.30. The second-order valence-electron chi connectivity index (χ2n) is 9.97. The highest BCUT2D eigenvalue weighted by Gasteiger charge is 2.31. The molecule has 4 rings (SSSR count). The predicted molar refractivity (Wildman–Crippen MR) is 134 cm³/mol. The van der Waals surface area contributed by atoms with E-state index in [4.69, 9.17) is 9.47 Å². The molecule has 0 saturated carbocycles. The van der Waals surface area contributed by atoms with E-state index in [1.807, 2.05) is 27.7 Å². The number of carbonyl (C=O) groups is 2. The van der Waals surface area contributed by atoms with E-state index in [1.54, 1.807) is 21.6 Å². The Hall–Kier alpha value is -3.96. The van der Waals surface area contributed by atoms with Gasteiger partial charge in [0.15, 0.2) is 5.52 Å². The molecule has 1 saturated heterocycles. The Morgan fingerprint density at radius 2 is 1.84 bits per heavy atom. The van der Waals surface area contributed by atoms with Crippen molar-refractivity contribution in [2.45, 2.75) is 65.0 Å². The molecule has 3 aromatic rings. The zero-order valence-corrected chi connectivity index (χ0v) is 21.7. The van der Waals surface area contributed by atoms with Gasteiger partial charge in [-0.05, 0) is 46.1 Å². The van der Waals surface area contributed by atoms with Gasteiger partial charge in [0.05, 0.1) is 19.2 Å². The fourth-order valence-corrected chi connectivity index (χ4v) is 4.66. The average molecular weight is 513 g/mol. The third-order valence-electron chi connectivity index (χ3n) is 6.26. The van der Waals surface area contributed by atoms with Crippen molar-refractivity contribution < 1.29 is 24.2 Å². The molecule has 0 bridgehead atoms. The second kappa shape index (κ2) is 10.2. The highest BCUT2D eigenvalue weighted by molar-refractivity contribution is 5.83. The second-order valence-corrected chi connectivity index (χ2v) is 9.97. The number of methoxy groups -OCH3 is 1. The first-order chi connectivity index (χ1) is 17.5. The van der Waals surface area contributed by atoms with E-state index >= 15 is 0 Å². The van der Waals surface area contributed by atoms with Crippen molar-refractivity contribution in [1.82, 2.24) is 29.4 Å². The molecule has 0 unspecified atom stereocenters. The molecule has 1 N–H and O–H groups in total.